The number of amides is 1. The Kier molecular flexibility index (Phi) is 4.77. The van der Waals surface area contributed by atoms with Crippen LogP contribution in [0.1, 0.15) is 18.1 Å². The van der Waals surface area contributed by atoms with Crippen molar-refractivity contribution in [1.82, 2.24) is 0 Å². The highest BCUT2D eigenvalue weighted by atomic mass is 19.4. The predicted molar refractivity (Wildman–Crippen MR) is 93.7 cm³/mol. The molecule has 6 nitrogen and oxygen atoms in total. The largest absolute Gasteiger partial charge is 0.416 e. The summed E-state index contributed by atoms with van der Waals surface area (Å²) in [5.74, 6) is -0.311. The Bertz CT molecular complexity index is 899. The van der Waals surface area contributed by atoms with Crippen molar-refractivity contribution in [2.75, 3.05) is 16.8 Å². The van der Waals surface area contributed by atoms with Gasteiger partial charge in [0.05, 0.1) is 10.5 Å². The number of alkyl halides is 3. The Morgan fingerprint density at radius 1 is 1.26 bits per heavy atom. The molecule has 0 aromatic heterocycles. The van der Waals surface area contributed by atoms with Gasteiger partial charge >= 0.3 is 6.18 Å². The Labute approximate surface area is 152 Å². The lowest BCUT2D eigenvalue weighted by atomic mass is 10.1. The van der Waals surface area contributed by atoms with E-state index in [0.29, 0.717) is 19.0 Å². The summed E-state index contributed by atoms with van der Waals surface area (Å²) in [7, 11) is 0. The van der Waals surface area contributed by atoms with Crippen LogP contribution in [0, 0.1) is 10.1 Å². The average molecular weight is 379 g/mol. The molecule has 1 aliphatic heterocycles. The van der Waals surface area contributed by atoms with Gasteiger partial charge in [0.2, 0.25) is 5.91 Å². The third kappa shape index (κ3) is 3.71. The minimum Gasteiger partial charge on any atom is -0.368 e. The zero-order chi connectivity index (χ0) is 19.8. The van der Waals surface area contributed by atoms with Crippen molar-refractivity contribution in [3.8, 4) is 0 Å². The van der Waals surface area contributed by atoms with E-state index < -0.39 is 28.4 Å². The van der Waals surface area contributed by atoms with Crippen LogP contribution < -0.4 is 10.2 Å². The Hall–Kier alpha value is -3.10. The molecule has 0 spiro atoms. The molecule has 142 valence electrons. The second-order valence-corrected chi connectivity index (χ2v) is 6.22. The second-order valence-electron chi connectivity index (χ2n) is 6.22. The SMILES string of the molecule is C[C@H](Nc1ccc(C(F)(F)F)cc1[N+](=O)[O-])C(=O)N1CCc2ccccc21. The van der Waals surface area contributed by atoms with E-state index in [0.717, 1.165) is 23.4 Å². The molecule has 2 aromatic rings. The molecule has 1 aliphatic rings. The number of nitrogens with one attached hydrogen (secondary N) is 1. The third-order valence-corrected chi connectivity index (χ3v) is 4.42. The number of hydrogen-bond donors (Lipinski definition) is 1. The maximum Gasteiger partial charge on any atom is 0.416 e. The standard InChI is InChI=1S/C18H16F3N3O3/c1-11(17(25)23-9-8-12-4-2-3-5-15(12)23)22-14-7-6-13(18(19,20)21)10-16(14)24(26)27/h2-7,10-11,22H,8-9H2,1H3/t11-/m0/s1. The topological polar surface area (TPSA) is 75.5 Å². The van der Waals surface area contributed by atoms with Gasteiger partial charge in [-0.15, -0.1) is 0 Å². The highest BCUT2D eigenvalue weighted by Crippen LogP contribution is 2.35. The van der Waals surface area contributed by atoms with Gasteiger partial charge in [0.1, 0.15) is 11.7 Å². The van der Waals surface area contributed by atoms with E-state index in [2.05, 4.69) is 5.32 Å². The van der Waals surface area contributed by atoms with Gasteiger partial charge in [0.25, 0.3) is 5.69 Å². The van der Waals surface area contributed by atoms with Gasteiger partial charge in [-0.3, -0.25) is 14.9 Å². The monoisotopic (exact) mass is 379 g/mol. The highest BCUT2D eigenvalue weighted by molar-refractivity contribution is 6.00. The summed E-state index contributed by atoms with van der Waals surface area (Å²) in [5, 5.41) is 13.9. The molecule has 0 fully saturated rings. The normalized spacial score (nSPS) is 14.6. The predicted octanol–water partition coefficient (Wildman–Crippen LogP) is 4.00. The number of nitro groups is 1. The third-order valence-electron chi connectivity index (χ3n) is 4.42. The van der Waals surface area contributed by atoms with Gasteiger partial charge in [0.15, 0.2) is 0 Å². The lowest BCUT2D eigenvalue weighted by Gasteiger charge is -2.23. The number of hydrogen-bond acceptors (Lipinski definition) is 4. The summed E-state index contributed by atoms with van der Waals surface area (Å²) in [6.07, 6.45) is -3.99. The number of anilines is 2. The van der Waals surface area contributed by atoms with Crippen molar-refractivity contribution >= 4 is 23.0 Å². The second kappa shape index (κ2) is 6.90. The molecule has 0 radical (unpaired) electrons. The molecule has 1 heterocycles. The molecule has 2 aromatic carbocycles. The Balaban J connectivity index is 1.83. The number of rotatable bonds is 4. The molecule has 1 amide bonds. The van der Waals surface area contributed by atoms with Crippen molar-refractivity contribution in [1.29, 1.82) is 0 Å². The maximum atomic E-state index is 12.8. The molecule has 0 aliphatic carbocycles. The van der Waals surface area contributed by atoms with Gasteiger partial charge in [-0.1, -0.05) is 18.2 Å². The van der Waals surface area contributed by atoms with E-state index in [1.54, 1.807) is 4.90 Å². The van der Waals surface area contributed by atoms with Gasteiger partial charge in [-0.25, -0.2) is 0 Å². The number of benzene rings is 2. The van der Waals surface area contributed by atoms with Crippen LogP contribution >= 0.6 is 0 Å². The number of nitro benzene ring substituents is 1. The number of fused-ring (bicyclic) bond motifs is 1. The number of halogens is 3. The summed E-state index contributed by atoms with van der Waals surface area (Å²) in [5.41, 5.74) is -0.184. The van der Waals surface area contributed by atoms with Gasteiger partial charge in [0, 0.05) is 18.3 Å². The van der Waals surface area contributed by atoms with Crippen molar-refractivity contribution < 1.29 is 22.9 Å². The molecule has 0 saturated carbocycles. The lowest BCUT2D eigenvalue weighted by Crippen LogP contribution is -2.40. The fourth-order valence-electron chi connectivity index (χ4n) is 3.08. The first-order valence-electron chi connectivity index (χ1n) is 8.20. The van der Waals surface area contributed by atoms with Crippen LogP contribution in [0.15, 0.2) is 42.5 Å². The maximum absolute atomic E-state index is 12.8. The van der Waals surface area contributed by atoms with Gasteiger partial charge < -0.3 is 10.2 Å². The highest BCUT2D eigenvalue weighted by Gasteiger charge is 2.34. The molecule has 0 bridgehead atoms. The smallest absolute Gasteiger partial charge is 0.368 e. The van der Waals surface area contributed by atoms with Crippen LogP contribution in [-0.2, 0) is 17.4 Å². The van der Waals surface area contributed by atoms with Crippen LogP contribution in [0.4, 0.5) is 30.2 Å². The summed E-state index contributed by atoms with van der Waals surface area (Å²) in [4.78, 5) is 24.6. The van der Waals surface area contributed by atoms with E-state index in [1.165, 1.54) is 6.92 Å². The van der Waals surface area contributed by atoms with Crippen molar-refractivity contribution in [3.63, 3.8) is 0 Å². The van der Waals surface area contributed by atoms with Gasteiger partial charge in [-0.05, 0) is 37.1 Å². The van der Waals surface area contributed by atoms with Crippen LogP contribution in [0.5, 0.6) is 0 Å². The van der Waals surface area contributed by atoms with Crippen molar-refractivity contribution in [3.05, 3.63) is 63.7 Å². The summed E-state index contributed by atoms with van der Waals surface area (Å²) >= 11 is 0. The quantitative estimate of drug-likeness (QED) is 0.644. The number of carbonyl (C=O) groups is 1. The average Bonchev–Trinajstić information content (AvgIpc) is 3.04. The molecule has 0 saturated heterocycles. The lowest BCUT2D eigenvalue weighted by molar-refractivity contribution is -0.384. The van der Waals surface area contributed by atoms with E-state index in [9.17, 15) is 28.1 Å². The first-order valence-corrected chi connectivity index (χ1v) is 8.20. The van der Waals surface area contributed by atoms with E-state index in [4.69, 9.17) is 0 Å². The summed E-state index contributed by atoms with van der Waals surface area (Å²) < 4.78 is 38.4. The number of para-hydroxylation sites is 1. The number of nitrogens with zero attached hydrogens (tertiary/aromatic N) is 2. The molecule has 9 heteroatoms. The van der Waals surface area contributed by atoms with Crippen LogP contribution in [0.2, 0.25) is 0 Å². The number of carbonyl (C=O) groups excluding carboxylic acids is 1. The fraction of sp³-hybridized carbons (Fsp3) is 0.278. The minimum absolute atomic E-state index is 0.138. The molecule has 1 atom stereocenters. The Morgan fingerprint density at radius 2 is 1.96 bits per heavy atom. The minimum atomic E-state index is -4.69. The molecular weight excluding hydrogens is 363 g/mol. The van der Waals surface area contributed by atoms with Crippen molar-refractivity contribution in [2.24, 2.45) is 0 Å². The first-order chi connectivity index (χ1) is 12.7. The van der Waals surface area contributed by atoms with E-state index in [-0.39, 0.29) is 11.6 Å². The van der Waals surface area contributed by atoms with Crippen molar-refractivity contribution in [2.45, 2.75) is 25.6 Å². The summed E-state index contributed by atoms with van der Waals surface area (Å²) in [6.45, 7) is 2.00. The van der Waals surface area contributed by atoms with Crippen LogP contribution in [-0.4, -0.2) is 23.4 Å². The van der Waals surface area contributed by atoms with Crippen LogP contribution in [0.3, 0.4) is 0 Å². The molecular formula is C18H16F3N3O3. The first kappa shape index (κ1) is 18.7. The molecule has 3 rings (SSSR count). The van der Waals surface area contributed by atoms with E-state index >= 15 is 0 Å². The fourth-order valence-corrected chi connectivity index (χ4v) is 3.08. The van der Waals surface area contributed by atoms with Gasteiger partial charge in [-0.2, -0.15) is 13.2 Å². The molecule has 1 N–H and O–H groups in total. The zero-order valence-electron chi connectivity index (χ0n) is 14.3. The van der Waals surface area contributed by atoms with E-state index in [1.807, 2.05) is 24.3 Å². The van der Waals surface area contributed by atoms with Crippen LogP contribution in [0.25, 0.3) is 0 Å². The summed E-state index contributed by atoms with van der Waals surface area (Å²) in [6, 6.07) is 8.75. The Morgan fingerprint density at radius 3 is 2.63 bits per heavy atom. The zero-order valence-corrected chi connectivity index (χ0v) is 14.3. The molecule has 0 unspecified atom stereocenters. The molecule has 27 heavy (non-hydrogen) atoms.